The third-order valence-electron chi connectivity index (χ3n) is 1.52. The first-order valence-corrected chi connectivity index (χ1v) is 5.40. The molecule has 0 radical (unpaired) electrons. The SMILES string of the molecule is CCNS(=O)(=O)c1ccc(N)cc1.[HH]. The quantitative estimate of drug-likeness (QED) is 0.712. The summed E-state index contributed by atoms with van der Waals surface area (Å²) in [4.78, 5) is 0.239. The molecule has 0 aromatic heterocycles. The van der Waals surface area contributed by atoms with Crippen LogP contribution in [0.15, 0.2) is 29.2 Å². The maximum atomic E-state index is 11.4. The van der Waals surface area contributed by atoms with Crippen LogP contribution in [0.25, 0.3) is 0 Å². The Hall–Kier alpha value is -1.07. The fourth-order valence-electron chi connectivity index (χ4n) is 0.920. The molecule has 4 nitrogen and oxygen atoms in total. The van der Waals surface area contributed by atoms with Gasteiger partial charge < -0.3 is 5.73 Å². The van der Waals surface area contributed by atoms with E-state index in [9.17, 15) is 8.42 Å². The van der Waals surface area contributed by atoms with Crippen LogP contribution in [0.5, 0.6) is 0 Å². The molecule has 5 heteroatoms. The molecule has 1 rings (SSSR count). The molecule has 0 spiro atoms. The van der Waals surface area contributed by atoms with Crippen LogP contribution in [0.1, 0.15) is 8.35 Å². The summed E-state index contributed by atoms with van der Waals surface area (Å²) < 4.78 is 25.2. The highest BCUT2D eigenvalue weighted by Gasteiger charge is 2.10. The van der Waals surface area contributed by atoms with E-state index in [4.69, 9.17) is 5.73 Å². The van der Waals surface area contributed by atoms with Gasteiger partial charge in [-0.1, -0.05) is 6.92 Å². The van der Waals surface area contributed by atoms with Crippen molar-refractivity contribution in [1.82, 2.24) is 4.72 Å². The molecule has 0 saturated heterocycles. The Morgan fingerprint density at radius 3 is 2.38 bits per heavy atom. The lowest BCUT2D eigenvalue weighted by atomic mass is 10.3. The summed E-state index contributed by atoms with van der Waals surface area (Å²) >= 11 is 0. The van der Waals surface area contributed by atoms with Crippen LogP contribution in [0.2, 0.25) is 0 Å². The van der Waals surface area contributed by atoms with Crippen LogP contribution in [0.4, 0.5) is 5.69 Å². The maximum absolute atomic E-state index is 11.4. The number of sulfonamides is 1. The fraction of sp³-hybridized carbons (Fsp3) is 0.250. The molecule has 0 fully saturated rings. The van der Waals surface area contributed by atoms with E-state index in [1.807, 2.05) is 0 Å². The van der Waals surface area contributed by atoms with E-state index in [2.05, 4.69) is 4.72 Å². The minimum absolute atomic E-state index is 0. The van der Waals surface area contributed by atoms with E-state index in [0.29, 0.717) is 12.2 Å². The topological polar surface area (TPSA) is 72.2 Å². The van der Waals surface area contributed by atoms with Gasteiger partial charge >= 0.3 is 0 Å². The number of hydrogen-bond acceptors (Lipinski definition) is 3. The standard InChI is InChI=1S/C8H12N2O2S.H2/c1-2-10-13(11,12)8-5-3-7(9)4-6-8;/h3-6,10H,2,9H2,1H3;1H. The summed E-state index contributed by atoms with van der Waals surface area (Å²) in [5.41, 5.74) is 5.98. The van der Waals surface area contributed by atoms with Crippen LogP contribution >= 0.6 is 0 Å². The van der Waals surface area contributed by atoms with E-state index >= 15 is 0 Å². The molecule has 0 amide bonds. The summed E-state index contributed by atoms with van der Waals surface area (Å²) in [7, 11) is -3.33. The molecule has 0 bridgehead atoms. The lowest BCUT2D eigenvalue weighted by molar-refractivity contribution is 0.584. The Kier molecular flexibility index (Phi) is 2.90. The number of nitrogen functional groups attached to an aromatic ring is 1. The van der Waals surface area contributed by atoms with E-state index in [0.717, 1.165) is 0 Å². The Balaban J connectivity index is 0.00000169. The van der Waals surface area contributed by atoms with Gasteiger partial charge in [-0.15, -0.1) is 0 Å². The smallest absolute Gasteiger partial charge is 0.240 e. The van der Waals surface area contributed by atoms with Gasteiger partial charge in [-0.2, -0.15) is 0 Å². The second-order valence-corrected chi connectivity index (χ2v) is 4.34. The summed E-state index contributed by atoms with van der Waals surface area (Å²) in [5.74, 6) is 0. The summed E-state index contributed by atoms with van der Waals surface area (Å²) in [5, 5.41) is 0. The van der Waals surface area contributed by atoms with Crippen molar-refractivity contribution in [3.8, 4) is 0 Å². The van der Waals surface area contributed by atoms with Gasteiger partial charge in [0.15, 0.2) is 0 Å². The Labute approximate surface area is 79.3 Å². The van der Waals surface area contributed by atoms with Crippen molar-refractivity contribution in [2.24, 2.45) is 0 Å². The fourth-order valence-corrected chi connectivity index (χ4v) is 1.96. The van der Waals surface area contributed by atoms with Crippen molar-refractivity contribution in [3.05, 3.63) is 24.3 Å². The predicted octanol–water partition coefficient (Wildman–Crippen LogP) is 0.813. The van der Waals surface area contributed by atoms with E-state index in [1.54, 1.807) is 19.1 Å². The summed E-state index contributed by atoms with van der Waals surface area (Å²) in [6.07, 6.45) is 0. The maximum Gasteiger partial charge on any atom is 0.240 e. The minimum Gasteiger partial charge on any atom is -0.399 e. The molecule has 0 aliphatic rings. The third kappa shape index (κ3) is 2.43. The molecule has 0 unspecified atom stereocenters. The van der Waals surface area contributed by atoms with Crippen molar-refractivity contribution in [2.75, 3.05) is 12.3 Å². The van der Waals surface area contributed by atoms with Crippen molar-refractivity contribution in [3.63, 3.8) is 0 Å². The van der Waals surface area contributed by atoms with Crippen LogP contribution in [0, 0.1) is 0 Å². The van der Waals surface area contributed by atoms with Crippen LogP contribution < -0.4 is 10.5 Å². The molecular weight excluding hydrogens is 188 g/mol. The van der Waals surface area contributed by atoms with Gasteiger partial charge in [0.25, 0.3) is 0 Å². The first-order chi connectivity index (χ1) is 6.06. The number of benzene rings is 1. The summed E-state index contributed by atoms with van der Waals surface area (Å²) in [6, 6.07) is 6.08. The predicted molar refractivity (Wildman–Crippen MR) is 53.8 cm³/mol. The number of rotatable bonds is 3. The van der Waals surface area contributed by atoms with Gasteiger partial charge in [-0.3, -0.25) is 0 Å². The van der Waals surface area contributed by atoms with Crippen LogP contribution in [0.3, 0.4) is 0 Å². The van der Waals surface area contributed by atoms with Gasteiger partial charge in [-0.05, 0) is 24.3 Å². The Bertz CT molecular complexity index is 375. The molecule has 74 valence electrons. The zero-order valence-corrected chi connectivity index (χ0v) is 8.14. The number of nitrogens with two attached hydrogens (primary N) is 1. The average molecular weight is 202 g/mol. The van der Waals surface area contributed by atoms with Crippen molar-refractivity contribution in [2.45, 2.75) is 11.8 Å². The largest absolute Gasteiger partial charge is 0.399 e. The van der Waals surface area contributed by atoms with Gasteiger partial charge in [0, 0.05) is 13.7 Å². The van der Waals surface area contributed by atoms with Crippen molar-refractivity contribution >= 4 is 15.7 Å². The molecule has 0 saturated carbocycles. The third-order valence-corrected chi connectivity index (χ3v) is 3.09. The molecule has 0 aliphatic heterocycles. The van der Waals surface area contributed by atoms with Crippen LogP contribution in [-0.4, -0.2) is 15.0 Å². The number of hydrogen-bond donors (Lipinski definition) is 2. The first kappa shape index (κ1) is 10.0. The highest BCUT2D eigenvalue weighted by Crippen LogP contribution is 2.10. The van der Waals surface area contributed by atoms with Gasteiger partial charge in [-0.25, -0.2) is 13.1 Å². The second kappa shape index (κ2) is 3.76. The summed E-state index contributed by atoms with van der Waals surface area (Å²) in [6.45, 7) is 2.11. The molecule has 0 heterocycles. The van der Waals surface area contributed by atoms with Crippen LogP contribution in [-0.2, 0) is 10.0 Å². The second-order valence-electron chi connectivity index (χ2n) is 2.57. The van der Waals surface area contributed by atoms with Crippen molar-refractivity contribution < 1.29 is 9.84 Å². The van der Waals surface area contributed by atoms with Gasteiger partial charge in [0.05, 0.1) is 4.90 Å². The first-order valence-electron chi connectivity index (χ1n) is 3.91. The Morgan fingerprint density at radius 1 is 1.38 bits per heavy atom. The Morgan fingerprint density at radius 2 is 1.92 bits per heavy atom. The van der Waals surface area contributed by atoms with E-state index in [-0.39, 0.29) is 6.32 Å². The van der Waals surface area contributed by atoms with E-state index in [1.165, 1.54) is 12.1 Å². The average Bonchev–Trinajstić information content (AvgIpc) is 2.05. The van der Waals surface area contributed by atoms with E-state index < -0.39 is 10.0 Å². The molecule has 1 aromatic rings. The number of nitrogens with one attached hydrogen (secondary N) is 1. The number of anilines is 1. The zero-order chi connectivity index (χ0) is 9.90. The molecule has 0 aliphatic carbocycles. The molecular formula is C8H14N2O2S. The van der Waals surface area contributed by atoms with Gasteiger partial charge in [0.1, 0.15) is 0 Å². The molecule has 1 aromatic carbocycles. The lowest BCUT2D eigenvalue weighted by Gasteiger charge is -2.03. The normalized spacial score (nSPS) is 11.5. The van der Waals surface area contributed by atoms with Gasteiger partial charge in [0.2, 0.25) is 10.0 Å². The highest BCUT2D eigenvalue weighted by molar-refractivity contribution is 7.89. The van der Waals surface area contributed by atoms with Crippen molar-refractivity contribution in [1.29, 1.82) is 0 Å². The monoisotopic (exact) mass is 202 g/mol. The highest BCUT2D eigenvalue weighted by atomic mass is 32.2. The molecule has 3 N–H and O–H groups in total. The minimum atomic E-state index is -3.33. The molecule has 0 atom stereocenters. The zero-order valence-electron chi connectivity index (χ0n) is 7.32. The lowest BCUT2D eigenvalue weighted by Crippen LogP contribution is -2.22. The molecule has 13 heavy (non-hydrogen) atoms.